The van der Waals surface area contributed by atoms with Gasteiger partial charge in [-0.1, -0.05) is 18.2 Å². The summed E-state index contributed by atoms with van der Waals surface area (Å²) in [6, 6.07) is 10.6. The Morgan fingerprint density at radius 3 is 2.67 bits per heavy atom. The lowest BCUT2D eigenvalue weighted by molar-refractivity contribution is -0.119. The van der Waals surface area contributed by atoms with Crippen molar-refractivity contribution in [3.63, 3.8) is 0 Å². The van der Waals surface area contributed by atoms with E-state index >= 15 is 0 Å². The average Bonchev–Trinajstić information content (AvgIpc) is 2.41. The van der Waals surface area contributed by atoms with Crippen LogP contribution in [-0.2, 0) is 4.79 Å². The molecule has 18 heavy (non-hydrogen) atoms. The van der Waals surface area contributed by atoms with E-state index in [2.05, 4.69) is 22.9 Å². The van der Waals surface area contributed by atoms with Crippen LogP contribution in [0, 0.1) is 6.07 Å². The van der Waals surface area contributed by atoms with Crippen LogP contribution in [0.3, 0.4) is 0 Å². The monoisotopic (exact) mass is 246 g/mol. The van der Waals surface area contributed by atoms with Crippen LogP contribution in [0.5, 0.6) is 0 Å². The van der Waals surface area contributed by atoms with Gasteiger partial charge in [0.2, 0.25) is 5.91 Å². The Morgan fingerprint density at radius 1 is 1.33 bits per heavy atom. The predicted octanol–water partition coefficient (Wildman–Crippen LogP) is 0.697. The molecule has 0 aliphatic carbocycles. The minimum absolute atomic E-state index is 0.127. The second-order valence-corrected chi connectivity index (χ2v) is 4.78. The van der Waals surface area contributed by atoms with Crippen LogP contribution in [0.1, 0.15) is 0 Å². The lowest BCUT2D eigenvalue weighted by atomic mass is 10.3. The molecule has 1 aromatic carbocycles. The number of carbonyl (C=O) groups is 1. The van der Waals surface area contributed by atoms with Crippen molar-refractivity contribution in [3.05, 3.63) is 30.3 Å². The van der Waals surface area contributed by atoms with Crippen LogP contribution in [0.15, 0.2) is 24.3 Å². The molecule has 1 amide bonds. The summed E-state index contributed by atoms with van der Waals surface area (Å²) in [6.45, 7) is 4.50. The zero-order valence-corrected chi connectivity index (χ0v) is 11.1. The van der Waals surface area contributed by atoms with Gasteiger partial charge in [0.15, 0.2) is 0 Å². The Bertz CT molecular complexity index is 385. The zero-order valence-electron chi connectivity index (χ0n) is 11.1. The second kappa shape index (κ2) is 5.98. The molecule has 0 unspecified atom stereocenters. The molecule has 0 N–H and O–H groups in total. The van der Waals surface area contributed by atoms with Crippen molar-refractivity contribution in [1.29, 1.82) is 0 Å². The van der Waals surface area contributed by atoms with Gasteiger partial charge >= 0.3 is 0 Å². The molecular formula is C14H20N3O. The van der Waals surface area contributed by atoms with Crippen molar-refractivity contribution in [2.75, 3.05) is 51.7 Å². The van der Waals surface area contributed by atoms with Gasteiger partial charge in [-0.2, -0.15) is 0 Å². The van der Waals surface area contributed by atoms with Gasteiger partial charge in [-0.3, -0.25) is 9.69 Å². The van der Waals surface area contributed by atoms with Gasteiger partial charge in [0.25, 0.3) is 0 Å². The predicted molar refractivity (Wildman–Crippen MR) is 72.6 cm³/mol. The van der Waals surface area contributed by atoms with Gasteiger partial charge in [0, 0.05) is 39.3 Å². The summed E-state index contributed by atoms with van der Waals surface area (Å²) in [5.41, 5.74) is 0.830. The third kappa shape index (κ3) is 3.31. The second-order valence-electron chi connectivity index (χ2n) is 4.78. The maximum absolute atomic E-state index is 12.1. The highest BCUT2D eigenvalue weighted by atomic mass is 16.2. The van der Waals surface area contributed by atoms with Crippen LogP contribution in [0.4, 0.5) is 5.69 Å². The Kier molecular flexibility index (Phi) is 4.33. The van der Waals surface area contributed by atoms with E-state index in [9.17, 15) is 4.79 Å². The number of hydrogen-bond acceptors (Lipinski definition) is 3. The minimum Gasteiger partial charge on any atom is -0.314 e. The maximum atomic E-state index is 12.1. The first kappa shape index (κ1) is 13.1. The maximum Gasteiger partial charge on any atom is 0.240 e. The summed E-state index contributed by atoms with van der Waals surface area (Å²) in [6.07, 6.45) is 0. The van der Waals surface area contributed by atoms with E-state index in [1.54, 1.807) is 4.90 Å². The van der Waals surface area contributed by atoms with Gasteiger partial charge < -0.3 is 9.80 Å². The molecule has 4 nitrogen and oxygen atoms in total. The molecular weight excluding hydrogens is 226 g/mol. The van der Waals surface area contributed by atoms with Gasteiger partial charge in [-0.05, 0) is 13.1 Å². The quantitative estimate of drug-likeness (QED) is 0.785. The van der Waals surface area contributed by atoms with Crippen molar-refractivity contribution in [2.24, 2.45) is 0 Å². The van der Waals surface area contributed by atoms with Crippen molar-refractivity contribution in [1.82, 2.24) is 9.80 Å². The molecule has 1 saturated heterocycles. The average molecular weight is 246 g/mol. The number of nitrogens with zero attached hydrogens (tertiary/aromatic N) is 3. The number of rotatable bonds is 3. The first-order valence-corrected chi connectivity index (χ1v) is 6.31. The van der Waals surface area contributed by atoms with Crippen LogP contribution in [0.2, 0.25) is 0 Å². The molecule has 0 aromatic heterocycles. The fourth-order valence-corrected chi connectivity index (χ4v) is 2.03. The van der Waals surface area contributed by atoms with E-state index in [1.165, 1.54) is 0 Å². The summed E-state index contributed by atoms with van der Waals surface area (Å²) >= 11 is 0. The fourth-order valence-electron chi connectivity index (χ4n) is 2.03. The number of hydrogen-bond donors (Lipinski definition) is 0. The molecule has 97 valence electrons. The smallest absolute Gasteiger partial charge is 0.240 e. The topological polar surface area (TPSA) is 26.8 Å². The lowest BCUT2D eigenvalue weighted by Crippen LogP contribution is -2.48. The van der Waals surface area contributed by atoms with E-state index < -0.39 is 0 Å². The molecule has 0 saturated carbocycles. The minimum atomic E-state index is 0.127. The summed E-state index contributed by atoms with van der Waals surface area (Å²) < 4.78 is 0. The molecule has 2 rings (SSSR count). The first-order valence-electron chi connectivity index (χ1n) is 6.31. The van der Waals surface area contributed by atoms with Gasteiger partial charge in [0.1, 0.15) is 0 Å². The zero-order chi connectivity index (χ0) is 13.0. The number of amides is 1. The molecule has 1 aliphatic rings. The number of piperazine rings is 1. The third-order valence-corrected chi connectivity index (χ3v) is 3.38. The Morgan fingerprint density at radius 2 is 2.06 bits per heavy atom. The molecule has 0 bridgehead atoms. The molecule has 1 aliphatic heterocycles. The van der Waals surface area contributed by atoms with Gasteiger partial charge in [-0.15, -0.1) is 0 Å². The van der Waals surface area contributed by atoms with Gasteiger partial charge in [-0.25, -0.2) is 0 Å². The highest BCUT2D eigenvalue weighted by Crippen LogP contribution is 2.11. The summed E-state index contributed by atoms with van der Waals surface area (Å²) in [4.78, 5) is 18.3. The van der Waals surface area contributed by atoms with E-state index in [0.29, 0.717) is 6.54 Å². The third-order valence-electron chi connectivity index (χ3n) is 3.38. The molecule has 0 atom stereocenters. The standard InChI is InChI=1S/C14H20N3O/c1-15-8-10-17(11-9-15)12-14(18)16(2)13-6-4-3-5-7-13/h3-6H,8-12H2,1-2H3. The Hall–Kier alpha value is -1.39. The highest BCUT2D eigenvalue weighted by molar-refractivity contribution is 5.94. The van der Waals surface area contributed by atoms with E-state index in [-0.39, 0.29) is 5.91 Å². The molecule has 1 radical (unpaired) electrons. The largest absolute Gasteiger partial charge is 0.314 e. The first-order chi connectivity index (χ1) is 8.66. The van der Waals surface area contributed by atoms with Crippen LogP contribution < -0.4 is 4.90 Å². The van der Waals surface area contributed by atoms with Crippen molar-refractivity contribution >= 4 is 11.6 Å². The van der Waals surface area contributed by atoms with Crippen LogP contribution in [-0.4, -0.2) is 62.5 Å². The molecule has 1 aromatic rings. The van der Waals surface area contributed by atoms with Crippen LogP contribution in [0.25, 0.3) is 0 Å². The number of anilines is 1. The molecule has 4 heteroatoms. The van der Waals surface area contributed by atoms with Crippen molar-refractivity contribution < 1.29 is 4.79 Å². The summed E-state index contributed by atoms with van der Waals surface area (Å²) in [7, 11) is 3.93. The molecule has 0 spiro atoms. The van der Waals surface area contributed by atoms with Crippen molar-refractivity contribution in [3.8, 4) is 0 Å². The van der Waals surface area contributed by atoms with Gasteiger partial charge in [0.05, 0.1) is 12.2 Å². The fraction of sp³-hybridized carbons (Fsp3) is 0.500. The van der Waals surface area contributed by atoms with Crippen LogP contribution >= 0.6 is 0 Å². The normalized spacial score (nSPS) is 17.7. The highest BCUT2D eigenvalue weighted by Gasteiger charge is 2.19. The lowest BCUT2D eigenvalue weighted by Gasteiger charge is -2.32. The summed E-state index contributed by atoms with van der Waals surface area (Å²) in [5, 5.41) is 0. The Labute approximate surface area is 109 Å². The number of benzene rings is 1. The molecule has 1 fully saturated rings. The molecule has 1 heterocycles. The van der Waals surface area contributed by atoms with E-state index in [0.717, 1.165) is 31.9 Å². The summed E-state index contributed by atoms with van der Waals surface area (Å²) in [5.74, 6) is 0.127. The number of likely N-dealkylation sites (N-methyl/N-ethyl adjacent to an activating group) is 2. The van der Waals surface area contributed by atoms with Crippen molar-refractivity contribution in [2.45, 2.75) is 0 Å². The van der Waals surface area contributed by atoms with E-state index in [1.807, 2.05) is 31.3 Å². The SMILES string of the molecule is CN1CCN(CC(=O)N(C)c2[c]cccc2)CC1. The Balaban J connectivity index is 1.88. The number of carbonyl (C=O) groups excluding carboxylic acids is 1. The number of para-hydroxylation sites is 1. The van der Waals surface area contributed by atoms with E-state index in [4.69, 9.17) is 0 Å².